The van der Waals surface area contributed by atoms with Gasteiger partial charge in [-0.05, 0) is 17.7 Å². The largest absolute Gasteiger partial charge is 0.488 e. The summed E-state index contributed by atoms with van der Waals surface area (Å²) < 4.78 is 10.7. The van der Waals surface area contributed by atoms with Crippen LogP contribution >= 0.6 is 0 Å². The highest BCUT2D eigenvalue weighted by atomic mass is 16.5. The zero-order valence-corrected chi connectivity index (χ0v) is 11.0. The van der Waals surface area contributed by atoms with Crippen molar-refractivity contribution in [3.05, 3.63) is 54.0 Å². The number of hydrogen-bond acceptors (Lipinski definition) is 3. The molecule has 2 aromatic rings. The Labute approximate surface area is 116 Å². The molecule has 1 atom stereocenters. The van der Waals surface area contributed by atoms with Crippen LogP contribution in [-0.4, -0.2) is 18.7 Å². The minimum atomic E-state index is -0.203. The molecule has 2 heterocycles. The first-order valence-electron chi connectivity index (χ1n) is 6.58. The highest BCUT2D eigenvalue weighted by Gasteiger charge is 2.22. The fourth-order valence-electron chi connectivity index (χ4n) is 2.21. The molecule has 0 bridgehead atoms. The number of fused-ring (bicyclic) bond motifs is 1. The Kier molecular flexibility index (Phi) is 3.58. The second kappa shape index (κ2) is 5.69. The molecule has 3 rings (SSSR count). The molecule has 0 radical (unpaired) electrons. The maximum atomic E-state index is 11.7. The Balaban J connectivity index is 1.41. The lowest BCUT2D eigenvalue weighted by atomic mass is 10.1. The van der Waals surface area contributed by atoms with Gasteiger partial charge in [0.25, 0.3) is 0 Å². The monoisotopic (exact) mass is 272 g/mol. The van der Waals surface area contributed by atoms with Crippen LogP contribution in [0.15, 0.2) is 47.3 Å². The summed E-state index contributed by atoms with van der Waals surface area (Å²) in [6.07, 6.45) is 4.03. The number of para-hydroxylation sites is 1. The molecule has 1 aromatic carbocycles. The van der Waals surface area contributed by atoms with E-state index >= 15 is 0 Å². The van der Waals surface area contributed by atoms with E-state index in [1.165, 1.54) is 5.56 Å². The fourth-order valence-corrected chi connectivity index (χ4v) is 2.21. The van der Waals surface area contributed by atoms with Gasteiger partial charge >= 0.3 is 6.03 Å². The van der Waals surface area contributed by atoms with Gasteiger partial charge in [0.1, 0.15) is 11.9 Å². The first-order chi connectivity index (χ1) is 9.81. The third-order valence-electron chi connectivity index (χ3n) is 3.24. The maximum absolute atomic E-state index is 11.7. The van der Waals surface area contributed by atoms with Gasteiger partial charge in [-0.1, -0.05) is 18.2 Å². The third kappa shape index (κ3) is 2.93. The zero-order chi connectivity index (χ0) is 13.8. The van der Waals surface area contributed by atoms with E-state index in [4.69, 9.17) is 9.15 Å². The van der Waals surface area contributed by atoms with E-state index in [-0.39, 0.29) is 12.1 Å². The van der Waals surface area contributed by atoms with Crippen molar-refractivity contribution in [1.29, 1.82) is 0 Å². The lowest BCUT2D eigenvalue weighted by Gasteiger charge is -2.12. The summed E-state index contributed by atoms with van der Waals surface area (Å²) in [5.41, 5.74) is 2.13. The number of carbonyl (C=O) groups excluding carboxylic acids is 1. The van der Waals surface area contributed by atoms with Gasteiger partial charge in [0.15, 0.2) is 0 Å². The average molecular weight is 272 g/mol. The summed E-state index contributed by atoms with van der Waals surface area (Å²) in [5, 5.41) is 5.58. The predicted molar refractivity (Wildman–Crippen MR) is 73.5 cm³/mol. The number of furan rings is 1. The van der Waals surface area contributed by atoms with Crippen LogP contribution in [0.3, 0.4) is 0 Å². The van der Waals surface area contributed by atoms with Gasteiger partial charge in [0.05, 0.1) is 19.1 Å². The smallest absolute Gasteiger partial charge is 0.315 e. The molecule has 2 amide bonds. The number of benzene rings is 1. The number of urea groups is 1. The second-order valence-electron chi connectivity index (χ2n) is 4.75. The lowest BCUT2D eigenvalue weighted by molar-refractivity contribution is 0.214. The number of ether oxygens (including phenoxy) is 1. The van der Waals surface area contributed by atoms with E-state index < -0.39 is 0 Å². The van der Waals surface area contributed by atoms with Crippen LogP contribution in [0.2, 0.25) is 0 Å². The molecule has 0 spiro atoms. The summed E-state index contributed by atoms with van der Waals surface area (Å²) >= 11 is 0. The number of carbonyl (C=O) groups is 1. The molecule has 5 heteroatoms. The minimum Gasteiger partial charge on any atom is -0.488 e. The van der Waals surface area contributed by atoms with Crippen molar-refractivity contribution in [3.63, 3.8) is 0 Å². The maximum Gasteiger partial charge on any atom is 0.315 e. The van der Waals surface area contributed by atoms with E-state index in [0.29, 0.717) is 13.1 Å². The van der Waals surface area contributed by atoms with E-state index in [1.54, 1.807) is 12.5 Å². The first-order valence-corrected chi connectivity index (χ1v) is 6.58. The molecular formula is C15H16N2O3. The summed E-state index contributed by atoms with van der Waals surface area (Å²) in [6.45, 7) is 0.944. The lowest BCUT2D eigenvalue weighted by Crippen LogP contribution is -2.40. The Hall–Kier alpha value is -2.43. The molecule has 1 aliphatic heterocycles. The van der Waals surface area contributed by atoms with Gasteiger partial charge in [0, 0.05) is 18.5 Å². The SMILES string of the molecule is O=C(NCc1ccoc1)NC[C@H]1Cc2ccccc2O1. The summed E-state index contributed by atoms with van der Waals surface area (Å²) in [6, 6.07) is 9.56. The number of amides is 2. The van der Waals surface area contributed by atoms with Gasteiger partial charge < -0.3 is 19.8 Å². The zero-order valence-electron chi connectivity index (χ0n) is 11.0. The molecule has 0 fully saturated rings. The molecule has 1 aliphatic rings. The van der Waals surface area contributed by atoms with E-state index in [2.05, 4.69) is 10.6 Å². The quantitative estimate of drug-likeness (QED) is 0.895. The second-order valence-corrected chi connectivity index (χ2v) is 4.75. The van der Waals surface area contributed by atoms with Gasteiger partial charge in [-0.15, -0.1) is 0 Å². The number of rotatable bonds is 4. The van der Waals surface area contributed by atoms with Crippen LogP contribution < -0.4 is 15.4 Å². The van der Waals surface area contributed by atoms with Crippen LogP contribution in [0.1, 0.15) is 11.1 Å². The molecule has 104 valence electrons. The highest BCUT2D eigenvalue weighted by Crippen LogP contribution is 2.27. The van der Waals surface area contributed by atoms with Crippen molar-refractivity contribution in [2.75, 3.05) is 6.54 Å². The van der Waals surface area contributed by atoms with E-state index in [9.17, 15) is 4.79 Å². The van der Waals surface area contributed by atoms with Gasteiger partial charge in [-0.2, -0.15) is 0 Å². The van der Waals surface area contributed by atoms with E-state index in [1.807, 2.05) is 30.3 Å². The topological polar surface area (TPSA) is 63.5 Å². The van der Waals surface area contributed by atoms with Gasteiger partial charge in [0.2, 0.25) is 0 Å². The Morgan fingerprint density at radius 3 is 2.95 bits per heavy atom. The Bertz CT molecular complexity index is 556. The molecular weight excluding hydrogens is 256 g/mol. The first kappa shape index (κ1) is 12.6. The predicted octanol–water partition coefficient (Wildman–Crippen LogP) is 2.08. The van der Waals surface area contributed by atoms with Crippen LogP contribution in [-0.2, 0) is 13.0 Å². The van der Waals surface area contributed by atoms with Crippen molar-refractivity contribution in [1.82, 2.24) is 10.6 Å². The molecule has 0 aliphatic carbocycles. The molecule has 0 saturated carbocycles. The standard InChI is InChI=1S/C15H16N2O3/c18-15(16-8-11-5-6-19-10-11)17-9-13-7-12-3-1-2-4-14(12)20-13/h1-6,10,13H,7-9H2,(H2,16,17,18)/t13-/m1/s1. The summed E-state index contributed by atoms with van der Waals surface area (Å²) in [4.78, 5) is 11.7. The average Bonchev–Trinajstić information content (AvgIpc) is 3.11. The summed E-state index contributed by atoms with van der Waals surface area (Å²) in [7, 11) is 0. The van der Waals surface area contributed by atoms with Crippen molar-refractivity contribution < 1.29 is 13.9 Å². The highest BCUT2D eigenvalue weighted by molar-refractivity contribution is 5.73. The summed E-state index contributed by atoms with van der Waals surface area (Å²) in [5.74, 6) is 0.915. The molecule has 1 aromatic heterocycles. The van der Waals surface area contributed by atoms with Crippen LogP contribution in [0, 0.1) is 0 Å². The third-order valence-corrected chi connectivity index (χ3v) is 3.24. The number of nitrogens with one attached hydrogen (secondary N) is 2. The number of hydrogen-bond donors (Lipinski definition) is 2. The van der Waals surface area contributed by atoms with Crippen molar-refractivity contribution >= 4 is 6.03 Å². The fraction of sp³-hybridized carbons (Fsp3) is 0.267. The Morgan fingerprint density at radius 2 is 2.15 bits per heavy atom. The van der Waals surface area contributed by atoms with Crippen LogP contribution in [0.5, 0.6) is 5.75 Å². The van der Waals surface area contributed by atoms with Gasteiger partial charge in [-0.3, -0.25) is 0 Å². The van der Waals surface area contributed by atoms with E-state index in [0.717, 1.165) is 17.7 Å². The van der Waals surface area contributed by atoms with Gasteiger partial charge in [-0.25, -0.2) is 4.79 Å². The van der Waals surface area contributed by atoms with Crippen LogP contribution in [0.25, 0.3) is 0 Å². The Morgan fingerprint density at radius 1 is 1.25 bits per heavy atom. The van der Waals surface area contributed by atoms with Crippen LogP contribution in [0.4, 0.5) is 4.79 Å². The van der Waals surface area contributed by atoms with Crippen molar-refractivity contribution in [2.24, 2.45) is 0 Å². The van der Waals surface area contributed by atoms with Crippen molar-refractivity contribution in [3.8, 4) is 5.75 Å². The molecule has 20 heavy (non-hydrogen) atoms. The van der Waals surface area contributed by atoms with Crippen molar-refractivity contribution in [2.45, 2.75) is 19.1 Å². The normalized spacial score (nSPS) is 16.3. The minimum absolute atomic E-state index is 0.00655. The molecule has 0 unspecified atom stereocenters. The molecule has 2 N–H and O–H groups in total. The molecule has 0 saturated heterocycles. The molecule has 5 nitrogen and oxygen atoms in total.